The van der Waals surface area contributed by atoms with Gasteiger partial charge >= 0.3 is 0 Å². The van der Waals surface area contributed by atoms with Gasteiger partial charge in [0.1, 0.15) is 5.76 Å². The summed E-state index contributed by atoms with van der Waals surface area (Å²) in [6.07, 6.45) is 2.23. The predicted octanol–water partition coefficient (Wildman–Crippen LogP) is 4.03. The van der Waals surface area contributed by atoms with E-state index in [4.69, 9.17) is 4.42 Å². The molecule has 0 N–H and O–H groups in total. The van der Waals surface area contributed by atoms with E-state index in [0.717, 1.165) is 5.39 Å². The summed E-state index contributed by atoms with van der Waals surface area (Å²) in [7, 11) is 1.73. The summed E-state index contributed by atoms with van der Waals surface area (Å²) < 4.78 is 5.36. The van der Waals surface area contributed by atoms with E-state index in [1.807, 2.05) is 37.3 Å². The molecule has 6 nitrogen and oxygen atoms in total. The van der Waals surface area contributed by atoms with E-state index < -0.39 is 0 Å². The molecule has 0 aliphatic carbocycles. The zero-order valence-corrected chi connectivity index (χ0v) is 16.4. The van der Waals surface area contributed by atoms with Gasteiger partial charge in [-0.3, -0.25) is 19.3 Å². The molecule has 2 aromatic carbocycles. The van der Waals surface area contributed by atoms with Crippen LogP contribution < -0.4 is 0 Å². The Labute approximate surface area is 168 Å². The van der Waals surface area contributed by atoms with Crippen LogP contribution in [0.5, 0.6) is 0 Å². The van der Waals surface area contributed by atoms with Crippen LogP contribution in [-0.2, 0) is 4.79 Å². The molecular formula is C23H22N2O4. The van der Waals surface area contributed by atoms with Crippen LogP contribution in [-0.4, -0.2) is 41.1 Å². The van der Waals surface area contributed by atoms with Gasteiger partial charge in [-0.2, -0.15) is 0 Å². The average Bonchev–Trinajstić information content (AvgIpc) is 3.28. The Hall–Kier alpha value is -3.41. The van der Waals surface area contributed by atoms with Crippen molar-refractivity contribution in [1.29, 1.82) is 0 Å². The first-order valence-electron chi connectivity index (χ1n) is 9.66. The lowest BCUT2D eigenvalue weighted by molar-refractivity contribution is -0.132. The van der Waals surface area contributed by atoms with E-state index in [9.17, 15) is 14.4 Å². The lowest BCUT2D eigenvalue weighted by Crippen LogP contribution is -2.41. The molecule has 0 bridgehead atoms. The third-order valence-electron chi connectivity index (χ3n) is 5.56. The Morgan fingerprint density at radius 3 is 2.28 bits per heavy atom. The second-order valence-electron chi connectivity index (χ2n) is 7.27. The van der Waals surface area contributed by atoms with Gasteiger partial charge in [0.2, 0.25) is 5.91 Å². The van der Waals surface area contributed by atoms with E-state index >= 15 is 0 Å². The predicted molar refractivity (Wildman–Crippen MR) is 108 cm³/mol. The summed E-state index contributed by atoms with van der Waals surface area (Å²) in [5, 5.41) is 1.59. The number of imide groups is 1. The monoisotopic (exact) mass is 390 g/mol. The molecule has 1 aliphatic heterocycles. The van der Waals surface area contributed by atoms with Crippen LogP contribution in [0.3, 0.4) is 0 Å². The van der Waals surface area contributed by atoms with E-state index in [1.165, 1.54) is 4.90 Å². The normalized spacial score (nSPS) is 14.3. The number of hydrogen-bond acceptors (Lipinski definition) is 4. The highest BCUT2D eigenvalue weighted by molar-refractivity contribution is 6.25. The Kier molecular flexibility index (Phi) is 4.92. The number of carbonyl (C=O) groups excluding carboxylic acids is 3. The van der Waals surface area contributed by atoms with Gasteiger partial charge in [0.05, 0.1) is 12.3 Å². The number of nitrogens with zero attached hydrogens (tertiary/aromatic N) is 2. The van der Waals surface area contributed by atoms with Crippen molar-refractivity contribution in [3.63, 3.8) is 0 Å². The van der Waals surface area contributed by atoms with Crippen LogP contribution in [0.25, 0.3) is 10.8 Å². The average molecular weight is 390 g/mol. The van der Waals surface area contributed by atoms with Crippen LogP contribution in [0.15, 0.2) is 59.2 Å². The Balaban J connectivity index is 1.43. The minimum Gasteiger partial charge on any atom is -0.467 e. The highest BCUT2D eigenvalue weighted by atomic mass is 16.3. The molecule has 1 atom stereocenters. The third-order valence-corrected chi connectivity index (χ3v) is 5.56. The topological polar surface area (TPSA) is 70.8 Å². The van der Waals surface area contributed by atoms with Gasteiger partial charge in [-0.05, 0) is 43.0 Å². The van der Waals surface area contributed by atoms with Gasteiger partial charge in [0.25, 0.3) is 11.8 Å². The Morgan fingerprint density at radius 1 is 1.03 bits per heavy atom. The Morgan fingerprint density at radius 2 is 1.69 bits per heavy atom. The molecular weight excluding hydrogens is 368 g/mol. The van der Waals surface area contributed by atoms with Crippen LogP contribution >= 0.6 is 0 Å². The van der Waals surface area contributed by atoms with E-state index in [1.54, 1.807) is 36.4 Å². The third kappa shape index (κ3) is 3.31. The van der Waals surface area contributed by atoms with E-state index in [-0.39, 0.29) is 36.7 Å². The number of hydrogen-bond donors (Lipinski definition) is 0. The first-order valence-corrected chi connectivity index (χ1v) is 9.66. The van der Waals surface area contributed by atoms with Crippen molar-refractivity contribution in [2.24, 2.45) is 0 Å². The van der Waals surface area contributed by atoms with Crippen molar-refractivity contribution in [2.75, 3.05) is 13.6 Å². The molecule has 3 amide bonds. The molecule has 148 valence electrons. The number of carbonyl (C=O) groups is 3. The highest BCUT2D eigenvalue weighted by Crippen LogP contribution is 2.30. The van der Waals surface area contributed by atoms with Crippen molar-refractivity contribution >= 4 is 28.5 Å². The first kappa shape index (κ1) is 18.9. The Bertz CT molecular complexity index is 1040. The molecule has 6 heteroatoms. The maximum atomic E-state index is 12.9. The van der Waals surface area contributed by atoms with Gasteiger partial charge in [-0.15, -0.1) is 0 Å². The van der Waals surface area contributed by atoms with E-state index in [2.05, 4.69) is 0 Å². The molecule has 0 saturated heterocycles. The summed E-state index contributed by atoms with van der Waals surface area (Å²) in [5.41, 5.74) is 1.07. The fourth-order valence-corrected chi connectivity index (χ4v) is 3.78. The number of amides is 3. The molecule has 1 aliphatic rings. The second kappa shape index (κ2) is 7.54. The standard InChI is InChI=1S/C23H22N2O4/c1-15(19-11-6-14-29-19)24(2)20(26)12-5-13-25-22(27)17-9-3-7-16-8-4-10-18(21(16)17)23(25)28/h3-4,6-11,14-15H,5,12-13H2,1-2H3. The summed E-state index contributed by atoms with van der Waals surface area (Å²) >= 11 is 0. The molecule has 3 aromatic rings. The zero-order chi connectivity index (χ0) is 20.5. The summed E-state index contributed by atoms with van der Waals surface area (Å²) in [6, 6.07) is 14.4. The zero-order valence-electron chi connectivity index (χ0n) is 16.4. The maximum Gasteiger partial charge on any atom is 0.261 e. The van der Waals surface area contributed by atoms with Crippen molar-refractivity contribution < 1.29 is 18.8 Å². The smallest absolute Gasteiger partial charge is 0.261 e. The highest BCUT2D eigenvalue weighted by Gasteiger charge is 2.32. The molecule has 4 rings (SSSR count). The lowest BCUT2D eigenvalue weighted by atomic mass is 9.94. The summed E-state index contributed by atoms with van der Waals surface area (Å²) in [4.78, 5) is 41.2. The number of rotatable bonds is 6. The molecule has 0 saturated carbocycles. The molecule has 2 heterocycles. The lowest BCUT2D eigenvalue weighted by Gasteiger charge is -2.28. The van der Waals surface area contributed by atoms with Crippen molar-refractivity contribution in [2.45, 2.75) is 25.8 Å². The van der Waals surface area contributed by atoms with Gasteiger partial charge in [-0.1, -0.05) is 24.3 Å². The van der Waals surface area contributed by atoms with Crippen LogP contribution in [0.4, 0.5) is 0 Å². The summed E-state index contributed by atoms with van der Waals surface area (Å²) in [6.45, 7) is 2.10. The molecule has 1 unspecified atom stereocenters. The van der Waals surface area contributed by atoms with Crippen molar-refractivity contribution in [3.05, 3.63) is 71.7 Å². The largest absolute Gasteiger partial charge is 0.467 e. The minimum absolute atomic E-state index is 0.0618. The van der Waals surface area contributed by atoms with Gasteiger partial charge in [-0.25, -0.2) is 0 Å². The quantitative estimate of drug-likeness (QED) is 0.596. The number of furan rings is 1. The molecule has 0 radical (unpaired) electrons. The minimum atomic E-state index is -0.302. The van der Waals surface area contributed by atoms with Crippen LogP contribution in [0.2, 0.25) is 0 Å². The van der Waals surface area contributed by atoms with Gasteiger partial charge < -0.3 is 9.32 Å². The van der Waals surface area contributed by atoms with Crippen LogP contribution in [0, 0.1) is 0 Å². The summed E-state index contributed by atoms with van der Waals surface area (Å²) in [5.74, 6) is 0.0494. The number of benzene rings is 2. The molecule has 0 spiro atoms. The van der Waals surface area contributed by atoms with E-state index in [0.29, 0.717) is 28.7 Å². The van der Waals surface area contributed by atoms with Crippen molar-refractivity contribution in [1.82, 2.24) is 9.80 Å². The fraction of sp³-hybridized carbons (Fsp3) is 0.261. The second-order valence-corrected chi connectivity index (χ2v) is 7.27. The molecule has 29 heavy (non-hydrogen) atoms. The van der Waals surface area contributed by atoms with Gasteiger partial charge in [0, 0.05) is 36.5 Å². The van der Waals surface area contributed by atoms with Crippen molar-refractivity contribution in [3.8, 4) is 0 Å². The molecule has 0 fully saturated rings. The van der Waals surface area contributed by atoms with Gasteiger partial charge in [0.15, 0.2) is 0 Å². The first-order chi connectivity index (χ1) is 14.0. The fourth-order valence-electron chi connectivity index (χ4n) is 3.78. The maximum absolute atomic E-state index is 12.9. The molecule has 1 aromatic heterocycles. The SMILES string of the molecule is CC(c1ccco1)N(C)C(=O)CCCN1C(=O)c2cccc3cccc(c23)C1=O. The van der Waals surface area contributed by atoms with Crippen LogP contribution in [0.1, 0.15) is 52.3 Å².